The zero-order chi connectivity index (χ0) is 14.8. The summed E-state index contributed by atoms with van der Waals surface area (Å²) in [5, 5.41) is 11.7. The van der Waals surface area contributed by atoms with Crippen LogP contribution in [-0.4, -0.2) is 23.5 Å². The summed E-state index contributed by atoms with van der Waals surface area (Å²) < 4.78 is 0. The summed E-state index contributed by atoms with van der Waals surface area (Å²) in [5.74, 6) is -1.22. The van der Waals surface area contributed by atoms with Crippen LogP contribution < -0.4 is 5.32 Å². The van der Waals surface area contributed by atoms with E-state index in [0.717, 1.165) is 12.8 Å². The molecule has 0 spiro atoms. The van der Waals surface area contributed by atoms with Crippen LogP contribution >= 0.6 is 0 Å². The maximum atomic E-state index is 11.9. The number of carboxylic acids is 1. The van der Waals surface area contributed by atoms with Gasteiger partial charge in [0.25, 0.3) is 5.91 Å². The van der Waals surface area contributed by atoms with E-state index in [1.165, 1.54) is 37.8 Å². The predicted octanol–water partition coefficient (Wildman–Crippen LogP) is 3.48. The molecule has 0 heterocycles. The summed E-state index contributed by atoms with van der Waals surface area (Å²) in [6.45, 7) is 2.83. The molecule has 0 aromatic heterocycles. The minimum atomic E-state index is -1.02. The Labute approximate surface area is 120 Å². The number of benzene rings is 1. The number of rotatable bonds is 9. The van der Waals surface area contributed by atoms with Gasteiger partial charge in [-0.2, -0.15) is 0 Å². The van der Waals surface area contributed by atoms with Gasteiger partial charge >= 0.3 is 5.97 Å². The van der Waals surface area contributed by atoms with Crippen molar-refractivity contribution in [3.8, 4) is 0 Å². The number of carbonyl (C=O) groups excluding carboxylic acids is 1. The molecule has 4 nitrogen and oxygen atoms in total. The fourth-order valence-electron chi connectivity index (χ4n) is 2.00. The minimum absolute atomic E-state index is 0.136. The van der Waals surface area contributed by atoms with E-state index in [2.05, 4.69) is 12.2 Å². The van der Waals surface area contributed by atoms with Crippen molar-refractivity contribution in [2.45, 2.75) is 45.4 Å². The Bertz CT molecular complexity index is 443. The molecular formula is C16H23NO3. The average molecular weight is 277 g/mol. The summed E-state index contributed by atoms with van der Waals surface area (Å²) in [5.41, 5.74) is 0.535. The molecule has 1 amide bonds. The quantitative estimate of drug-likeness (QED) is 0.679. The number of hydrogen-bond donors (Lipinski definition) is 2. The number of aromatic carboxylic acids is 1. The van der Waals surface area contributed by atoms with Crippen LogP contribution in [0.25, 0.3) is 0 Å². The molecule has 1 aromatic rings. The van der Waals surface area contributed by atoms with Crippen molar-refractivity contribution in [1.82, 2.24) is 5.32 Å². The molecule has 4 heteroatoms. The monoisotopic (exact) mass is 277 g/mol. The Balaban J connectivity index is 2.29. The molecular weight excluding hydrogens is 254 g/mol. The van der Waals surface area contributed by atoms with E-state index < -0.39 is 5.97 Å². The van der Waals surface area contributed by atoms with Gasteiger partial charge in [0, 0.05) is 12.1 Å². The smallest absolute Gasteiger partial charge is 0.335 e. The van der Waals surface area contributed by atoms with Crippen molar-refractivity contribution in [1.29, 1.82) is 0 Å². The Morgan fingerprint density at radius 3 is 2.40 bits per heavy atom. The van der Waals surface area contributed by atoms with Crippen LogP contribution in [0, 0.1) is 0 Å². The third kappa shape index (κ3) is 5.87. The van der Waals surface area contributed by atoms with E-state index in [9.17, 15) is 9.59 Å². The zero-order valence-electron chi connectivity index (χ0n) is 12.0. The molecule has 0 aliphatic heterocycles. The standard InChI is InChI=1S/C16H23NO3/c1-2-3-4-5-6-7-11-17-15(18)13-9-8-10-14(12-13)16(19)20/h8-10,12H,2-7,11H2,1H3,(H,17,18)(H,19,20). The van der Waals surface area contributed by atoms with Crippen LogP contribution in [-0.2, 0) is 0 Å². The van der Waals surface area contributed by atoms with Crippen molar-refractivity contribution in [2.24, 2.45) is 0 Å². The number of unbranched alkanes of at least 4 members (excludes halogenated alkanes) is 5. The fourth-order valence-corrected chi connectivity index (χ4v) is 2.00. The Morgan fingerprint density at radius 1 is 1.05 bits per heavy atom. The Morgan fingerprint density at radius 2 is 1.70 bits per heavy atom. The highest BCUT2D eigenvalue weighted by molar-refractivity contribution is 5.97. The molecule has 0 radical (unpaired) electrons. The summed E-state index contributed by atoms with van der Waals surface area (Å²) >= 11 is 0. The van der Waals surface area contributed by atoms with E-state index in [1.54, 1.807) is 12.1 Å². The molecule has 20 heavy (non-hydrogen) atoms. The summed E-state index contributed by atoms with van der Waals surface area (Å²) in [4.78, 5) is 22.7. The van der Waals surface area contributed by atoms with Crippen LogP contribution in [0.2, 0.25) is 0 Å². The van der Waals surface area contributed by atoms with Gasteiger partial charge in [0.1, 0.15) is 0 Å². The lowest BCUT2D eigenvalue weighted by Gasteiger charge is -2.06. The van der Waals surface area contributed by atoms with Crippen LogP contribution in [0.5, 0.6) is 0 Å². The number of carbonyl (C=O) groups is 2. The highest BCUT2D eigenvalue weighted by atomic mass is 16.4. The molecule has 0 fully saturated rings. The van der Waals surface area contributed by atoms with Crippen molar-refractivity contribution in [3.05, 3.63) is 35.4 Å². The van der Waals surface area contributed by atoms with Gasteiger partial charge in [0.05, 0.1) is 5.56 Å². The van der Waals surface area contributed by atoms with E-state index >= 15 is 0 Å². The number of carboxylic acid groups (broad SMARTS) is 1. The predicted molar refractivity (Wildman–Crippen MR) is 79.1 cm³/mol. The normalized spacial score (nSPS) is 10.2. The molecule has 0 aliphatic carbocycles. The van der Waals surface area contributed by atoms with Gasteiger partial charge in [-0.1, -0.05) is 45.1 Å². The number of nitrogens with one attached hydrogen (secondary N) is 1. The maximum Gasteiger partial charge on any atom is 0.335 e. The Hall–Kier alpha value is -1.84. The molecule has 0 unspecified atom stereocenters. The molecule has 1 rings (SSSR count). The fraction of sp³-hybridized carbons (Fsp3) is 0.500. The summed E-state index contributed by atoms with van der Waals surface area (Å²) in [7, 11) is 0. The average Bonchev–Trinajstić information content (AvgIpc) is 2.46. The van der Waals surface area contributed by atoms with Crippen molar-refractivity contribution in [3.63, 3.8) is 0 Å². The topological polar surface area (TPSA) is 66.4 Å². The lowest BCUT2D eigenvalue weighted by atomic mass is 10.1. The molecule has 0 bridgehead atoms. The van der Waals surface area contributed by atoms with Gasteiger partial charge in [-0.15, -0.1) is 0 Å². The van der Waals surface area contributed by atoms with E-state index in [0.29, 0.717) is 12.1 Å². The third-order valence-electron chi connectivity index (χ3n) is 3.19. The lowest BCUT2D eigenvalue weighted by molar-refractivity contribution is 0.0697. The molecule has 0 saturated carbocycles. The van der Waals surface area contributed by atoms with Gasteiger partial charge in [-0.05, 0) is 24.6 Å². The first-order chi connectivity index (χ1) is 9.65. The molecule has 0 saturated heterocycles. The van der Waals surface area contributed by atoms with Gasteiger partial charge < -0.3 is 10.4 Å². The second kappa shape index (κ2) is 9.13. The largest absolute Gasteiger partial charge is 0.478 e. The lowest BCUT2D eigenvalue weighted by Crippen LogP contribution is -2.24. The van der Waals surface area contributed by atoms with Crippen molar-refractivity contribution in [2.75, 3.05) is 6.54 Å². The van der Waals surface area contributed by atoms with Crippen LogP contribution in [0.4, 0.5) is 0 Å². The summed E-state index contributed by atoms with van der Waals surface area (Å²) in [6.07, 6.45) is 7.05. The highest BCUT2D eigenvalue weighted by Crippen LogP contribution is 2.06. The van der Waals surface area contributed by atoms with E-state index in [1.807, 2.05) is 0 Å². The molecule has 1 aromatic carbocycles. The first-order valence-electron chi connectivity index (χ1n) is 7.26. The van der Waals surface area contributed by atoms with Crippen molar-refractivity contribution < 1.29 is 14.7 Å². The molecule has 0 aliphatic rings. The number of hydrogen-bond acceptors (Lipinski definition) is 2. The van der Waals surface area contributed by atoms with Gasteiger partial charge in [0.15, 0.2) is 0 Å². The van der Waals surface area contributed by atoms with E-state index in [4.69, 9.17) is 5.11 Å². The van der Waals surface area contributed by atoms with Gasteiger partial charge in [-0.25, -0.2) is 4.79 Å². The second-order valence-electron chi connectivity index (χ2n) is 4.91. The van der Waals surface area contributed by atoms with Crippen LogP contribution in [0.3, 0.4) is 0 Å². The van der Waals surface area contributed by atoms with E-state index in [-0.39, 0.29) is 11.5 Å². The molecule has 0 atom stereocenters. The zero-order valence-corrected chi connectivity index (χ0v) is 12.0. The van der Waals surface area contributed by atoms with Gasteiger partial charge in [0.2, 0.25) is 0 Å². The summed E-state index contributed by atoms with van der Waals surface area (Å²) in [6, 6.07) is 6.10. The number of amides is 1. The minimum Gasteiger partial charge on any atom is -0.478 e. The Kier molecular flexibility index (Phi) is 7.40. The third-order valence-corrected chi connectivity index (χ3v) is 3.19. The second-order valence-corrected chi connectivity index (χ2v) is 4.91. The molecule has 110 valence electrons. The first-order valence-corrected chi connectivity index (χ1v) is 7.26. The van der Waals surface area contributed by atoms with Gasteiger partial charge in [-0.3, -0.25) is 4.79 Å². The SMILES string of the molecule is CCCCCCCCNC(=O)c1cccc(C(=O)O)c1. The van der Waals surface area contributed by atoms with Crippen LogP contribution in [0.1, 0.15) is 66.2 Å². The van der Waals surface area contributed by atoms with Crippen molar-refractivity contribution >= 4 is 11.9 Å². The van der Waals surface area contributed by atoms with Crippen LogP contribution in [0.15, 0.2) is 24.3 Å². The highest BCUT2D eigenvalue weighted by Gasteiger charge is 2.08. The maximum absolute atomic E-state index is 11.9. The first kappa shape index (κ1) is 16.2. The molecule has 2 N–H and O–H groups in total.